The molecule has 0 fully saturated rings. The molecule has 132 valence electrons. The lowest BCUT2D eigenvalue weighted by molar-refractivity contribution is -0.134. The summed E-state index contributed by atoms with van der Waals surface area (Å²) in [6, 6.07) is 7.07. The van der Waals surface area contributed by atoms with Crippen molar-refractivity contribution in [1.29, 1.82) is 0 Å². The highest BCUT2D eigenvalue weighted by Crippen LogP contribution is 2.29. The quantitative estimate of drug-likeness (QED) is 0.730. The molecule has 6 heteroatoms. The molecule has 1 unspecified atom stereocenters. The molecule has 0 radical (unpaired) electrons. The average molecular weight is 342 g/mol. The molecule has 6 nitrogen and oxygen atoms in total. The van der Waals surface area contributed by atoms with Gasteiger partial charge in [0.2, 0.25) is 0 Å². The molecular weight excluding hydrogens is 320 g/mol. The predicted octanol–water partition coefficient (Wildman–Crippen LogP) is 2.43. The van der Waals surface area contributed by atoms with Crippen LogP contribution in [0.2, 0.25) is 0 Å². The molecule has 1 atom stereocenters. The molecule has 0 amide bonds. The van der Waals surface area contributed by atoms with E-state index in [0.29, 0.717) is 18.2 Å². The Morgan fingerprint density at radius 3 is 2.56 bits per heavy atom. The molecule has 0 spiro atoms. The maximum Gasteiger partial charge on any atom is 0.328 e. The highest BCUT2D eigenvalue weighted by Gasteiger charge is 2.16. The SMILES string of the molecule is Cc1cccc2c1C=C(CC1CNC=N1)CC2.O=C(O)/C=C/C(=O)O. The van der Waals surface area contributed by atoms with Gasteiger partial charge in [-0.15, -0.1) is 0 Å². The van der Waals surface area contributed by atoms with Gasteiger partial charge in [-0.3, -0.25) is 4.99 Å². The van der Waals surface area contributed by atoms with E-state index in [2.05, 4.69) is 41.5 Å². The van der Waals surface area contributed by atoms with E-state index in [9.17, 15) is 9.59 Å². The number of carbonyl (C=O) groups is 2. The van der Waals surface area contributed by atoms with Crippen molar-refractivity contribution in [1.82, 2.24) is 5.32 Å². The molecule has 0 saturated heterocycles. The molecule has 3 N–H and O–H groups in total. The number of carboxylic acid groups (broad SMARTS) is 2. The number of aliphatic carboxylic acids is 2. The van der Waals surface area contributed by atoms with Gasteiger partial charge < -0.3 is 15.5 Å². The van der Waals surface area contributed by atoms with Crippen LogP contribution in [0, 0.1) is 6.92 Å². The number of rotatable bonds is 4. The summed E-state index contributed by atoms with van der Waals surface area (Å²) in [4.78, 5) is 23.5. The molecule has 0 bridgehead atoms. The minimum atomic E-state index is -1.26. The number of aryl methyl sites for hydroxylation is 2. The van der Waals surface area contributed by atoms with Crippen molar-refractivity contribution in [3.8, 4) is 0 Å². The van der Waals surface area contributed by atoms with E-state index in [-0.39, 0.29) is 0 Å². The van der Waals surface area contributed by atoms with Crippen LogP contribution >= 0.6 is 0 Å². The van der Waals surface area contributed by atoms with Crippen molar-refractivity contribution in [2.24, 2.45) is 4.99 Å². The van der Waals surface area contributed by atoms with E-state index in [0.717, 1.165) is 13.0 Å². The molecule has 0 aromatic heterocycles. The Morgan fingerprint density at radius 2 is 1.96 bits per heavy atom. The van der Waals surface area contributed by atoms with Crippen LogP contribution < -0.4 is 5.32 Å². The van der Waals surface area contributed by atoms with Crippen LogP contribution in [0.1, 0.15) is 29.5 Å². The number of fused-ring (bicyclic) bond motifs is 1. The summed E-state index contributed by atoms with van der Waals surface area (Å²) in [5.41, 5.74) is 5.90. The van der Waals surface area contributed by atoms with Gasteiger partial charge in [-0.25, -0.2) is 9.59 Å². The molecule has 0 saturated carbocycles. The minimum absolute atomic E-state index is 0.451. The van der Waals surface area contributed by atoms with Gasteiger partial charge in [0, 0.05) is 18.7 Å². The lowest BCUT2D eigenvalue weighted by Gasteiger charge is -2.19. The zero-order valence-corrected chi connectivity index (χ0v) is 14.1. The molecular formula is C19H22N2O4. The number of carboxylic acids is 2. The van der Waals surface area contributed by atoms with Gasteiger partial charge in [0.15, 0.2) is 0 Å². The number of nitrogens with one attached hydrogen (secondary N) is 1. The number of nitrogens with zero attached hydrogens (tertiary/aromatic N) is 1. The third-order valence-electron chi connectivity index (χ3n) is 4.07. The Labute approximate surface area is 146 Å². The summed E-state index contributed by atoms with van der Waals surface area (Å²) in [5.74, 6) is -2.51. The number of benzene rings is 1. The van der Waals surface area contributed by atoms with Crippen molar-refractivity contribution in [2.75, 3.05) is 6.54 Å². The lowest BCUT2D eigenvalue weighted by atomic mass is 9.87. The van der Waals surface area contributed by atoms with E-state index < -0.39 is 11.9 Å². The van der Waals surface area contributed by atoms with Crippen LogP contribution in [0.5, 0.6) is 0 Å². The third-order valence-corrected chi connectivity index (χ3v) is 4.07. The molecule has 1 aromatic rings. The molecule has 25 heavy (non-hydrogen) atoms. The van der Waals surface area contributed by atoms with Gasteiger partial charge in [-0.2, -0.15) is 0 Å². The maximum atomic E-state index is 9.55. The van der Waals surface area contributed by atoms with E-state index in [1.54, 1.807) is 5.57 Å². The summed E-state index contributed by atoms with van der Waals surface area (Å²) in [5, 5.41) is 18.8. The Kier molecular flexibility index (Phi) is 6.51. The zero-order valence-electron chi connectivity index (χ0n) is 14.1. The Morgan fingerprint density at radius 1 is 1.24 bits per heavy atom. The first-order valence-corrected chi connectivity index (χ1v) is 8.12. The first-order chi connectivity index (χ1) is 12.0. The van der Waals surface area contributed by atoms with Gasteiger partial charge in [0.05, 0.1) is 12.4 Å². The van der Waals surface area contributed by atoms with Crippen LogP contribution in [0.3, 0.4) is 0 Å². The second-order valence-corrected chi connectivity index (χ2v) is 6.00. The number of hydrogen-bond donors (Lipinski definition) is 3. The van der Waals surface area contributed by atoms with Crippen molar-refractivity contribution in [3.63, 3.8) is 0 Å². The maximum absolute atomic E-state index is 9.55. The highest BCUT2D eigenvalue weighted by atomic mass is 16.4. The predicted molar refractivity (Wildman–Crippen MR) is 96.8 cm³/mol. The van der Waals surface area contributed by atoms with Gasteiger partial charge in [0.25, 0.3) is 0 Å². The summed E-state index contributed by atoms with van der Waals surface area (Å²) in [6.07, 6.45) is 8.84. The summed E-state index contributed by atoms with van der Waals surface area (Å²) in [6.45, 7) is 3.20. The summed E-state index contributed by atoms with van der Waals surface area (Å²) < 4.78 is 0. The monoisotopic (exact) mass is 342 g/mol. The zero-order chi connectivity index (χ0) is 18.2. The fraction of sp³-hybridized carbons (Fsp3) is 0.316. The highest BCUT2D eigenvalue weighted by molar-refractivity contribution is 5.89. The van der Waals surface area contributed by atoms with Crippen molar-refractivity contribution >= 4 is 24.4 Å². The van der Waals surface area contributed by atoms with Gasteiger partial charge >= 0.3 is 11.9 Å². The second kappa shape index (κ2) is 8.82. The van der Waals surface area contributed by atoms with Crippen LogP contribution in [0.25, 0.3) is 6.08 Å². The van der Waals surface area contributed by atoms with Crippen LogP contribution in [0.15, 0.2) is 40.9 Å². The second-order valence-electron chi connectivity index (χ2n) is 6.00. The fourth-order valence-corrected chi connectivity index (χ4v) is 2.87. The Balaban J connectivity index is 0.000000242. The van der Waals surface area contributed by atoms with Crippen molar-refractivity contribution in [2.45, 2.75) is 32.2 Å². The standard InChI is InChI=1S/C15H18N2.C4H4O4/c1-11-3-2-4-13-6-5-12(8-15(11)13)7-14-9-16-10-17-14;5-3(6)1-2-4(7)8/h2-4,8,10,14H,5-7,9H2,1H3,(H,16,17);1-2H,(H,5,6)(H,7,8)/b;2-1+. The molecule has 3 rings (SSSR count). The minimum Gasteiger partial charge on any atom is -0.478 e. The number of hydrogen-bond acceptors (Lipinski definition) is 4. The van der Waals surface area contributed by atoms with E-state index >= 15 is 0 Å². The number of aliphatic imine (C=N–C) groups is 1. The Hall–Kier alpha value is -2.89. The molecule has 1 heterocycles. The Bertz CT molecular complexity index is 719. The molecule has 1 aromatic carbocycles. The first-order valence-electron chi connectivity index (χ1n) is 8.12. The van der Waals surface area contributed by atoms with E-state index in [1.807, 2.05) is 6.34 Å². The van der Waals surface area contributed by atoms with Crippen LogP contribution in [0.4, 0.5) is 0 Å². The van der Waals surface area contributed by atoms with E-state index in [4.69, 9.17) is 10.2 Å². The third kappa shape index (κ3) is 5.91. The summed E-state index contributed by atoms with van der Waals surface area (Å²) in [7, 11) is 0. The normalized spacial score (nSPS) is 18.0. The van der Waals surface area contributed by atoms with Crippen LogP contribution in [-0.2, 0) is 16.0 Å². The van der Waals surface area contributed by atoms with Crippen molar-refractivity contribution in [3.05, 3.63) is 52.6 Å². The lowest BCUT2D eigenvalue weighted by Crippen LogP contribution is -2.16. The molecule has 2 aliphatic rings. The smallest absolute Gasteiger partial charge is 0.328 e. The van der Waals surface area contributed by atoms with Gasteiger partial charge in [-0.05, 0) is 42.9 Å². The average Bonchev–Trinajstić information content (AvgIpc) is 3.07. The molecule has 1 aliphatic heterocycles. The largest absolute Gasteiger partial charge is 0.478 e. The van der Waals surface area contributed by atoms with Gasteiger partial charge in [0.1, 0.15) is 0 Å². The molecule has 1 aliphatic carbocycles. The van der Waals surface area contributed by atoms with E-state index in [1.165, 1.54) is 29.5 Å². The fourth-order valence-electron chi connectivity index (χ4n) is 2.87. The first kappa shape index (κ1) is 18.4. The van der Waals surface area contributed by atoms with Crippen LogP contribution in [-0.4, -0.2) is 41.1 Å². The van der Waals surface area contributed by atoms with Crippen molar-refractivity contribution < 1.29 is 19.8 Å². The van der Waals surface area contributed by atoms with Gasteiger partial charge in [-0.1, -0.05) is 29.8 Å². The topological polar surface area (TPSA) is 99.0 Å². The summed E-state index contributed by atoms with van der Waals surface area (Å²) >= 11 is 0.